The molecular weight excluding hydrogens is 337 g/mol. The molecule has 1 aromatic heterocycles. The van der Waals surface area contributed by atoms with Gasteiger partial charge in [-0.1, -0.05) is 6.07 Å². The molecule has 0 aliphatic heterocycles. The van der Waals surface area contributed by atoms with E-state index in [1.54, 1.807) is 48.1 Å². The Bertz CT molecular complexity index is 964. The van der Waals surface area contributed by atoms with Crippen LogP contribution in [0.15, 0.2) is 54.6 Å². The van der Waals surface area contributed by atoms with Crippen LogP contribution in [0.2, 0.25) is 0 Å². The minimum atomic E-state index is -0.488. The van der Waals surface area contributed by atoms with Gasteiger partial charge in [-0.2, -0.15) is 5.10 Å². The number of anilines is 1. The van der Waals surface area contributed by atoms with Crippen LogP contribution in [-0.2, 0) is 11.8 Å². The predicted octanol–water partition coefficient (Wildman–Crippen LogP) is 3.27. The van der Waals surface area contributed by atoms with Gasteiger partial charge in [0.15, 0.2) is 5.69 Å². The van der Waals surface area contributed by atoms with Crippen LogP contribution in [0.25, 0.3) is 11.3 Å². The number of nitrogens with one attached hydrogen (secondary N) is 1. The van der Waals surface area contributed by atoms with Crippen molar-refractivity contribution >= 4 is 17.6 Å². The van der Waals surface area contributed by atoms with Crippen LogP contribution in [0, 0.1) is 5.82 Å². The molecule has 0 spiro atoms. The zero-order valence-corrected chi connectivity index (χ0v) is 14.2. The Morgan fingerprint density at radius 1 is 1.12 bits per heavy atom. The number of methoxy groups -OCH3 is 1. The lowest BCUT2D eigenvalue weighted by atomic mass is 10.1. The second-order valence-electron chi connectivity index (χ2n) is 5.57. The lowest BCUT2D eigenvalue weighted by Crippen LogP contribution is -2.13. The quantitative estimate of drug-likeness (QED) is 0.731. The van der Waals surface area contributed by atoms with Gasteiger partial charge in [-0.3, -0.25) is 9.48 Å². The van der Waals surface area contributed by atoms with Gasteiger partial charge in [0, 0.05) is 12.7 Å². The third-order valence-corrected chi connectivity index (χ3v) is 3.79. The Labute approximate surface area is 149 Å². The molecule has 132 valence electrons. The maximum absolute atomic E-state index is 13.1. The van der Waals surface area contributed by atoms with E-state index in [2.05, 4.69) is 15.2 Å². The molecule has 1 amide bonds. The molecule has 0 unspecified atom stereocenters. The first-order valence-corrected chi connectivity index (χ1v) is 7.77. The summed E-state index contributed by atoms with van der Waals surface area (Å²) in [4.78, 5) is 24.0. The molecule has 1 heterocycles. The molecule has 0 aliphatic rings. The summed E-state index contributed by atoms with van der Waals surface area (Å²) in [7, 11) is 2.99. The largest absolute Gasteiger partial charge is 0.465 e. The summed E-state index contributed by atoms with van der Waals surface area (Å²) >= 11 is 0. The van der Waals surface area contributed by atoms with E-state index in [0.29, 0.717) is 16.9 Å². The zero-order valence-electron chi connectivity index (χ0n) is 14.2. The topological polar surface area (TPSA) is 73.2 Å². The van der Waals surface area contributed by atoms with Crippen molar-refractivity contribution in [1.82, 2.24) is 9.78 Å². The number of rotatable bonds is 4. The summed E-state index contributed by atoms with van der Waals surface area (Å²) in [6.45, 7) is 0. The number of amides is 1. The molecule has 0 radical (unpaired) electrons. The van der Waals surface area contributed by atoms with Crippen molar-refractivity contribution in [2.24, 2.45) is 7.05 Å². The van der Waals surface area contributed by atoms with E-state index in [0.717, 1.165) is 5.56 Å². The maximum Gasteiger partial charge on any atom is 0.337 e. The number of aryl methyl sites for hydroxylation is 1. The van der Waals surface area contributed by atoms with Gasteiger partial charge in [0.25, 0.3) is 5.91 Å². The fourth-order valence-electron chi connectivity index (χ4n) is 2.51. The number of benzene rings is 2. The van der Waals surface area contributed by atoms with Crippen molar-refractivity contribution < 1.29 is 18.7 Å². The number of esters is 1. The van der Waals surface area contributed by atoms with Crippen LogP contribution >= 0.6 is 0 Å². The second-order valence-corrected chi connectivity index (χ2v) is 5.57. The Morgan fingerprint density at radius 3 is 2.54 bits per heavy atom. The number of aromatic nitrogens is 2. The molecule has 0 aliphatic carbocycles. The summed E-state index contributed by atoms with van der Waals surface area (Å²) in [6.07, 6.45) is 0. The van der Waals surface area contributed by atoms with E-state index >= 15 is 0 Å². The highest BCUT2D eigenvalue weighted by molar-refractivity contribution is 6.04. The van der Waals surface area contributed by atoms with Gasteiger partial charge in [0.05, 0.1) is 18.4 Å². The Balaban J connectivity index is 1.82. The minimum absolute atomic E-state index is 0.204. The first-order chi connectivity index (χ1) is 12.5. The van der Waals surface area contributed by atoms with E-state index in [1.165, 1.54) is 25.3 Å². The standard InChI is InChI=1S/C19H16FN3O3/c1-23-17(12-6-8-14(20)9-7-12)11-16(22-23)18(24)21-15-5-3-4-13(10-15)19(25)26-2/h3-11H,1-2H3,(H,21,24). The average molecular weight is 353 g/mol. The number of nitrogens with zero attached hydrogens (tertiary/aromatic N) is 2. The molecule has 7 heteroatoms. The van der Waals surface area contributed by atoms with E-state index in [-0.39, 0.29) is 11.5 Å². The highest BCUT2D eigenvalue weighted by Crippen LogP contribution is 2.21. The Hall–Kier alpha value is -3.48. The van der Waals surface area contributed by atoms with Crippen molar-refractivity contribution in [3.05, 3.63) is 71.7 Å². The van der Waals surface area contributed by atoms with Crippen LogP contribution in [0.5, 0.6) is 0 Å². The van der Waals surface area contributed by atoms with E-state index in [4.69, 9.17) is 0 Å². The molecule has 1 N–H and O–H groups in total. The summed E-state index contributed by atoms with van der Waals surface area (Å²) in [5, 5.41) is 6.89. The summed E-state index contributed by atoms with van der Waals surface area (Å²) in [5.41, 5.74) is 2.41. The van der Waals surface area contributed by atoms with Gasteiger partial charge in [-0.15, -0.1) is 0 Å². The van der Waals surface area contributed by atoms with E-state index in [9.17, 15) is 14.0 Å². The number of carbonyl (C=O) groups is 2. The molecule has 2 aromatic carbocycles. The SMILES string of the molecule is COC(=O)c1cccc(NC(=O)c2cc(-c3ccc(F)cc3)n(C)n2)c1. The molecular formula is C19H16FN3O3. The van der Waals surface area contributed by atoms with Crippen molar-refractivity contribution in [3.8, 4) is 11.3 Å². The van der Waals surface area contributed by atoms with Gasteiger partial charge in [-0.25, -0.2) is 9.18 Å². The van der Waals surface area contributed by atoms with Gasteiger partial charge >= 0.3 is 5.97 Å². The molecule has 0 saturated heterocycles. The van der Waals surface area contributed by atoms with Crippen molar-refractivity contribution in [2.45, 2.75) is 0 Å². The van der Waals surface area contributed by atoms with Gasteiger partial charge in [0.2, 0.25) is 0 Å². The van der Waals surface area contributed by atoms with E-state index in [1.807, 2.05) is 0 Å². The van der Waals surface area contributed by atoms with Crippen LogP contribution in [-0.4, -0.2) is 28.8 Å². The smallest absolute Gasteiger partial charge is 0.337 e. The van der Waals surface area contributed by atoms with Crippen LogP contribution < -0.4 is 5.32 Å². The van der Waals surface area contributed by atoms with Gasteiger partial charge in [0.1, 0.15) is 5.82 Å². The predicted molar refractivity (Wildman–Crippen MR) is 94.3 cm³/mol. The lowest BCUT2D eigenvalue weighted by molar-refractivity contribution is 0.0600. The van der Waals surface area contributed by atoms with Gasteiger partial charge < -0.3 is 10.1 Å². The molecule has 0 atom stereocenters. The molecule has 3 aromatic rings. The van der Waals surface area contributed by atoms with Crippen LogP contribution in [0.4, 0.5) is 10.1 Å². The molecule has 3 rings (SSSR count). The number of carbonyl (C=O) groups excluding carboxylic acids is 2. The number of hydrogen-bond acceptors (Lipinski definition) is 4. The van der Waals surface area contributed by atoms with Crippen molar-refractivity contribution in [3.63, 3.8) is 0 Å². The fraction of sp³-hybridized carbons (Fsp3) is 0.105. The normalized spacial score (nSPS) is 10.4. The Morgan fingerprint density at radius 2 is 1.85 bits per heavy atom. The number of hydrogen-bond donors (Lipinski definition) is 1. The maximum atomic E-state index is 13.1. The molecule has 0 bridgehead atoms. The molecule has 6 nitrogen and oxygen atoms in total. The summed E-state index contributed by atoms with van der Waals surface area (Å²) in [6, 6.07) is 14.0. The lowest BCUT2D eigenvalue weighted by Gasteiger charge is -2.05. The third-order valence-electron chi connectivity index (χ3n) is 3.79. The summed E-state index contributed by atoms with van der Waals surface area (Å²) < 4.78 is 19.3. The highest BCUT2D eigenvalue weighted by atomic mass is 19.1. The molecule has 0 saturated carbocycles. The van der Waals surface area contributed by atoms with Crippen LogP contribution in [0.3, 0.4) is 0 Å². The highest BCUT2D eigenvalue weighted by Gasteiger charge is 2.15. The minimum Gasteiger partial charge on any atom is -0.465 e. The first kappa shape index (κ1) is 17.3. The zero-order chi connectivity index (χ0) is 18.7. The monoisotopic (exact) mass is 353 g/mol. The molecule has 0 fully saturated rings. The Kier molecular flexibility index (Phi) is 4.79. The molecule has 26 heavy (non-hydrogen) atoms. The number of ether oxygens (including phenoxy) is 1. The number of halogens is 1. The third kappa shape index (κ3) is 3.61. The van der Waals surface area contributed by atoms with Gasteiger partial charge in [-0.05, 0) is 54.1 Å². The first-order valence-electron chi connectivity index (χ1n) is 7.77. The average Bonchev–Trinajstić information content (AvgIpc) is 3.04. The fourth-order valence-corrected chi connectivity index (χ4v) is 2.51. The van der Waals surface area contributed by atoms with Crippen molar-refractivity contribution in [2.75, 3.05) is 12.4 Å². The van der Waals surface area contributed by atoms with E-state index < -0.39 is 11.9 Å². The summed E-state index contributed by atoms with van der Waals surface area (Å²) in [5.74, 6) is -1.24. The second kappa shape index (κ2) is 7.18. The van der Waals surface area contributed by atoms with Crippen LogP contribution in [0.1, 0.15) is 20.8 Å². The van der Waals surface area contributed by atoms with Crippen molar-refractivity contribution in [1.29, 1.82) is 0 Å².